The lowest BCUT2D eigenvalue weighted by molar-refractivity contribution is -0.115. The number of carbonyl (C=O) groups excluding carboxylic acids is 1. The summed E-state index contributed by atoms with van der Waals surface area (Å²) in [5.41, 5.74) is 3.47. The molecule has 7 nitrogen and oxygen atoms in total. The lowest BCUT2D eigenvalue weighted by atomic mass is 10.0. The fourth-order valence-electron chi connectivity index (χ4n) is 3.50. The van der Waals surface area contributed by atoms with E-state index in [-0.39, 0.29) is 22.2 Å². The molecule has 0 saturated heterocycles. The monoisotopic (exact) mass is 464 g/mol. The largest absolute Gasteiger partial charge is 0.361 e. The van der Waals surface area contributed by atoms with Crippen molar-refractivity contribution in [3.8, 4) is 17.2 Å². The molecule has 9 heteroatoms. The first kappa shape index (κ1) is 21.6. The zero-order valence-electron chi connectivity index (χ0n) is 16.6. The first-order chi connectivity index (χ1) is 15.3. The van der Waals surface area contributed by atoms with Crippen molar-refractivity contribution in [2.75, 3.05) is 5.32 Å². The molecule has 1 amide bonds. The van der Waals surface area contributed by atoms with Gasteiger partial charge in [0.1, 0.15) is 0 Å². The number of nitriles is 1. The molecule has 0 bridgehead atoms. The minimum Gasteiger partial charge on any atom is -0.361 e. The summed E-state index contributed by atoms with van der Waals surface area (Å²) < 4.78 is 23.8. The number of hydrogen-bond acceptors (Lipinski definition) is 4. The van der Waals surface area contributed by atoms with Crippen LogP contribution in [0.3, 0.4) is 0 Å². The van der Waals surface area contributed by atoms with Gasteiger partial charge in [-0.3, -0.25) is 4.79 Å². The fraction of sp³-hybridized carbons (Fsp3) is 0.0435. The van der Waals surface area contributed by atoms with E-state index in [1.54, 1.807) is 60.8 Å². The van der Waals surface area contributed by atoms with Crippen LogP contribution in [0, 0.1) is 11.3 Å². The Morgan fingerprint density at radius 1 is 1.12 bits per heavy atom. The van der Waals surface area contributed by atoms with Gasteiger partial charge in [0.2, 0.25) is 15.9 Å². The second-order valence-electron chi connectivity index (χ2n) is 7.15. The zero-order valence-corrected chi connectivity index (χ0v) is 18.2. The summed E-state index contributed by atoms with van der Waals surface area (Å²) in [7, 11) is -3.91. The smallest absolute Gasteiger partial charge is 0.238 e. The molecule has 160 valence electrons. The number of sulfonamides is 1. The summed E-state index contributed by atoms with van der Waals surface area (Å²) >= 11 is 6.37. The number of aromatic amines is 1. The molecule has 0 aliphatic heterocycles. The van der Waals surface area contributed by atoms with Gasteiger partial charge >= 0.3 is 0 Å². The van der Waals surface area contributed by atoms with E-state index in [0.717, 1.165) is 16.5 Å². The summed E-state index contributed by atoms with van der Waals surface area (Å²) in [6.07, 6.45) is 1.82. The van der Waals surface area contributed by atoms with E-state index in [1.807, 2.05) is 0 Å². The Labute approximate surface area is 189 Å². The molecule has 0 spiro atoms. The third-order valence-corrected chi connectivity index (χ3v) is 6.28. The number of amides is 1. The highest BCUT2D eigenvalue weighted by molar-refractivity contribution is 7.89. The third-order valence-electron chi connectivity index (χ3n) is 5.00. The maximum Gasteiger partial charge on any atom is 0.238 e. The summed E-state index contributed by atoms with van der Waals surface area (Å²) in [4.78, 5) is 15.7. The SMILES string of the molecule is N#Cc1ccc2[nH]cc(CC(=O)Nc3ccc(-c4ccccc4S(N)(=O)=O)cc3Cl)c2c1. The lowest BCUT2D eigenvalue weighted by Crippen LogP contribution is -2.14. The lowest BCUT2D eigenvalue weighted by Gasteiger charge is -2.11. The van der Waals surface area contributed by atoms with Gasteiger partial charge in [0, 0.05) is 22.7 Å². The summed E-state index contributed by atoms with van der Waals surface area (Å²) in [5, 5.41) is 18.3. The molecule has 0 aliphatic rings. The predicted octanol–water partition coefficient (Wildman–Crippen LogP) is 4.19. The maximum atomic E-state index is 12.6. The van der Waals surface area contributed by atoms with Gasteiger partial charge < -0.3 is 10.3 Å². The van der Waals surface area contributed by atoms with Crippen LogP contribution in [0.4, 0.5) is 5.69 Å². The first-order valence-corrected chi connectivity index (χ1v) is 11.4. The second-order valence-corrected chi connectivity index (χ2v) is 9.08. The van der Waals surface area contributed by atoms with Crippen LogP contribution >= 0.6 is 11.6 Å². The molecule has 0 radical (unpaired) electrons. The van der Waals surface area contributed by atoms with Crippen molar-refractivity contribution in [3.63, 3.8) is 0 Å². The Hall–Kier alpha value is -3.64. The van der Waals surface area contributed by atoms with Crippen molar-refractivity contribution < 1.29 is 13.2 Å². The predicted molar refractivity (Wildman–Crippen MR) is 124 cm³/mol. The van der Waals surface area contributed by atoms with Crippen molar-refractivity contribution in [1.29, 1.82) is 5.26 Å². The molecule has 0 fully saturated rings. The number of carbonyl (C=O) groups is 1. The van der Waals surface area contributed by atoms with Crippen LogP contribution in [0.5, 0.6) is 0 Å². The molecule has 0 saturated carbocycles. The van der Waals surface area contributed by atoms with Crippen LogP contribution in [-0.2, 0) is 21.2 Å². The third kappa shape index (κ3) is 4.36. The van der Waals surface area contributed by atoms with Crippen LogP contribution in [0.25, 0.3) is 22.0 Å². The van der Waals surface area contributed by atoms with E-state index in [2.05, 4.69) is 16.4 Å². The molecule has 4 rings (SSSR count). The Balaban J connectivity index is 1.57. The van der Waals surface area contributed by atoms with Crippen LogP contribution in [0.2, 0.25) is 5.02 Å². The van der Waals surface area contributed by atoms with E-state index in [9.17, 15) is 13.2 Å². The zero-order chi connectivity index (χ0) is 22.9. The first-order valence-electron chi connectivity index (χ1n) is 9.48. The van der Waals surface area contributed by atoms with Gasteiger partial charge in [-0.25, -0.2) is 13.6 Å². The molecular formula is C23H17ClN4O3S. The normalized spacial score (nSPS) is 11.3. The Morgan fingerprint density at radius 3 is 2.62 bits per heavy atom. The quantitative estimate of drug-likeness (QED) is 0.409. The van der Waals surface area contributed by atoms with Crippen molar-refractivity contribution in [1.82, 2.24) is 4.98 Å². The van der Waals surface area contributed by atoms with Gasteiger partial charge in [-0.1, -0.05) is 35.9 Å². The van der Waals surface area contributed by atoms with Crippen LogP contribution in [-0.4, -0.2) is 19.3 Å². The minimum absolute atomic E-state index is 0.0103. The van der Waals surface area contributed by atoms with Gasteiger partial charge in [0.15, 0.2) is 0 Å². The number of H-pyrrole nitrogens is 1. The topological polar surface area (TPSA) is 129 Å². The minimum atomic E-state index is -3.91. The second kappa shape index (κ2) is 8.48. The number of hydrogen-bond donors (Lipinski definition) is 3. The summed E-state index contributed by atoms with van der Waals surface area (Å²) in [6, 6.07) is 18.5. The number of nitrogens with two attached hydrogens (primary N) is 1. The molecule has 0 unspecified atom stereocenters. The molecule has 0 aliphatic carbocycles. The fourth-order valence-corrected chi connectivity index (χ4v) is 4.49. The highest BCUT2D eigenvalue weighted by Gasteiger charge is 2.16. The Bertz CT molecular complexity index is 1500. The Morgan fingerprint density at radius 2 is 1.91 bits per heavy atom. The highest BCUT2D eigenvalue weighted by Crippen LogP contribution is 2.32. The number of nitrogens with zero attached hydrogens (tertiary/aromatic N) is 1. The molecule has 0 atom stereocenters. The molecule has 1 heterocycles. The van der Waals surface area contributed by atoms with E-state index in [0.29, 0.717) is 22.4 Å². The molecule has 4 aromatic rings. The van der Waals surface area contributed by atoms with Crippen molar-refractivity contribution in [3.05, 3.63) is 83.0 Å². The molecule has 4 N–H and O–H groups in total. The number of rotatable bonds is 5. The van der Waals surface area contributed by atoms with E-state index in [4.69, 9.17) is 22.0 Å². The van der Waals surface area contributed by atoms with Crippen molar-refractivity contribution in [2.24, 2.45) is 5.14 Å². The maximum absolute atomic E-state index is 12.6. The number of aromatic nitrogens is 1. The molecule has 32 heavy (non-hydrogen) atoms. The van der Waals surface area contributed by atoms with E-state index >= 15 is 0 Å². The number of fused-ring (bicyclic) bond motifs is 1. The van der Waals surface area contributed by atoms with Crippen LogP contribution in [0.15, 0.2) is 71.8 Å². The standard InChI is InChI=1S/C23H17ClN4O3S/c24-19-10-15(17-3-1-2-4-22(17)32(26,30)31)6-8-21(19)28-23(29)11-16-13-27-20-7-5-14(12-25)9-18(16)20/h1-10,13,27H,11H2,(H,28,29)(H2,26,30,31). The average Bonchev–Trinajstić information content (AvgIpc) is 3.16. The average molecular weight is 465 g/mol. The van der Waals surface area contributed by atoms with Gasteiger partial charge in [0.25, 0.3) is 0 Å². The van der Waals surface area contributed by atoms with Crippen molar-refractivity contribution >= 4 is 44.1 Å². The number of primary sulfonamides is 1. The van der Waals surface area contributed by atoms with Gasteiger partial charge in [-0.15, -0.1) is 0 Å². The number of nitrogens with one attached hydrogen (secondary N) is 2. The highest BCUT2D eigenvalue weighted by atomic mass is 35.5. The van der Waals surface area contributed by atoms with Crippen molar-refractivity contribution in [2.45, 2.75) is 11.3 Å². The van der Waals surface area contributed by atoms with Crippen LogP contribution in [0.1, 0.15) is 11.1 Å². The Kier molecular flexibility index (Phi) is 5.72. The van der Waals surface area contributed by atoms with Gasteiger partial charge in [-0.2, -0.15) is 5.26 Å². The van der Waals surface area contributed by atoms with Crippen LogP contribution < -0.4 is 10.5 Å². The van der Waals surface area contributed by atoms with Gasteiger partial charge in [-0.05, 0) is 47.5 Å². The number of benzene rings is 3. The summed E-state index contributed by atoms with van der Waals surface area (Å²) in [5.74, 6) is -0.284. The van der Waals surface area contributed by atoms with E-state index < -0.39 is 10.0 Å². The van der Waals surface area contributed by atoms with E-state index in [1.165, 1.54) is 6.07 Å². The molecular weight excluding hydrogens is 448 g/mol. The number of halogens is 1. The molecule has 3 aromatic carbocycles. The molecule has 1 aromatic heterocycles. The van der Waals surface area contributed by atoms with Gasteiger partial charge in [0.05, 0.1) is 33.7 Å². The number of anilines is 1. The summed E-state index contributed by atoms with van der Waals surface area (Å²) in [6.45, 7) is 0.